The monoisotopic (exact) mass is 479 g/mol. The smallest absolute Gasteiger partial charge is 0.326 e. The third-order valence-electron chi connectivity index (χ3n) is 4.53. The van der Waals surface area contributed by atoms with Crippen LogP contribution in [0.3, 0.4) is 0 Å². The van der Waals surface area contributed by atoms with E-state index in [4.69, 9.17) is 11.5 Å². The first-order valence-corrected chi connectivity index (χ1v) is 13.0. The molecular weight excluding hydrogens is 442 g/mol. The number of hydrogen-bond acceptors (Lipinski definition) is 8. The van der Waals surface area contributed by atoms with Gasteiger partial charge in [-0.05, 0) is 69.6 Å². The topological polar surface area (TPSA) is 177 Å². The minimum atomic E-state index is -1.15. The fraction of sp³-hybridized carbons (Fsp3) is 0.789. The standard InChI is InChI=1S/C19H37N5O5S2/c1-12(16(25)24-15(19(28)29)6-4-5-9-20)22-18(27)14(8-11-31-3)23-17(26)13(21)7-10-30-2/h12-15H,4-11,20-21H2,1-3H3,(H,22,27)(H,23,26)(H,24,25)(H,28,29). The molecule has 12 heteroatoms. The number of carboxylic acids is 1. The lowest BCUT2D eigenvalue weighted by Gasteiger charge is -2.23. The van der Waals surface area contributed by atoms with Gasteiger partial charge in [0.15, 0.2) is 0 Å². The molecule has 0 aliphatic carbocycles. The predicted octanol–water partition coefficient (Wildman–Crippen LogP) is -0.492. The highest BCUT2D eigenvalue weighted by Crippen LogP contribution is 2.05. The summed E-state index contributed by atoms with van der Waals surface area (Å²) < 4.78 is 0. The second-order valence-corrected chi connectivity index (χ2v) is 9.12. The van der Waals surface area contributed by atoms with Crippen molar-refractivity contribution in [1.29, 1.82) is 0 Å². The fourth-order valence-electron chi connectivity index (χ4n) is 2.59. The molecule has 4 atom stereocenters. The number of hydrogen-bond donors (Lipinski definition) is 6. The molecule has 0 radical (unpaired) electrons. The van der Waals surface area contributed by atoms with Gasteiger partial charge < -0.3 is 32.5 Å². The maximum Gasteiger partial charge on any atom is 0.326 e. The summed E-state index contributed by atoms with van der Waals surface area (Å²) in [6.07, 6.45) is 6.13. The first-order valence-electron chi connectivity index (χ1n) is 10.2. The predicted molar refractivity (Wildman–Crippen MR) is 126 cm³/mol. The van der Waals surface area contributed by atoms with Crippen LogP contribution < -0.4 is 27.4 Å². The number of rotatable bonds is 17. The summed E-state index contributed by atoms with van der Waals surface area (Å²) in [5.74, 6) is -1.34. The first kappa shape index (κ1) is 29.5. The third-order valence-corrected chi connectivity index (χ3v) is 5.81. The van der Waals surface area contributed by atoms with E-state index in [0.717, 1.165) is 5.75 Å². The van der Waals surface area contributed by atoms with Gasteiger partial charge in [0.05, 0.1) is 6.04 Å². The van der Waals surface area contributed by atoms with Crippen LogP contribution in [-0.2, 0) is 19.2 Å². The van der Waals surface area contributed by atoms with Gasteiger partial charge in [0, 0.05) is 0 Å². The molecule has 0 bridgehead atoms. The van der Waals surface area contributed by atoms with Gasteiger partial charge in [0.1, 0.15) is 18.1 Å². The zero-order valence-corrected chi connectivity index (χ0v) is 20.2. The summed E-state index contributed by atoms with van der Waals surface area (Å²) in [7, 11) is 0. The summed E-state index contributed by atoms with van der Waals surface area (Å²) in [5.41, 5.74) is 11.3. The highest BCUT2D eigenvalue weighted by Gasteiger charge is 2.27. The largest absolute Gasteiger partial charge is 0.480 e. The Bertz CT molecular complexity index is 582. The second-order valence-electron chi connectivity index (χ2n) is 7.14. The Morgan fingerprint density at radius 3 is 1.97 bits per heavy atom. The van der Waals surface area contributed by atoms with Crippen molar-refractivity contribution in [3.05, 3.63) is 0 Å². The van der Waals surface area contributed by atoms with Crippen molar-refractivity contribution in [2.45, 2.75) is 63.2 Å². The molecule has 4 unspecified atom stereocenters. The molecule has 3 amide bonds. The zero-order chi connectivity index (χ0) is 23.8. The molecule has 0 heterocycles. The van der Waals surface area contributed by atoms with Crippen LogP contribution >= 0.6 is 23.5 Å². The Hall–Kier alpha value is -1.50. The summed E-state index contributed by atoms with van der Waals surface area (Å²) >= 11 is 3.10. The van der Waals surface area contributed by atoms with Crippen LogP contribution in [-0.4, -0.2) is 83.5 Å². The van der Waals surface area contributed by atoms with Crippen molar-refractivity contribution in [2.24, 2.45) is 11.5 Å². The van der Waals surface area contributed by atoms with Crippen molar-refractivity contribution in [3.8, 4) is 0 Å². The van der Waals surface area contributed by atoms with Crippen LogP contribution in [0.15, 0.2) is 0 Å². The van der Waals surface area contributed by atoms with E-state index in [1.807, 2.05) is 12.5 Å². The van der Waals surface area contributed by atoms with Gasteiger partial charge in [-0.3, -0.25) is 14.4 Å². The highest BCUT2D eigenvalue weighted by molar-refractivity contribution is 7.98. The number of amides is 3. The van der Waals surface area contributed by atoms with Crippen molar-refractivity contribution in [2.75, 3.05) is 30.6 Å². The maximum atomic E-state index is 12.7. The van der Waals surface area contributed by atoms with Crippen molar-refractivity contribution >= 4 is 47.2 Å². The van der Waals surface area contributed by atoms with Crippen LogP contribution in [0, 0.1) is 0 Å². The minimum Gasteiger partial charge on any atom is -0.480 e. The SMILES string of the molecule is CSCCC(N)C(=O)NC(CCSC)C(=O)NC(C)C(=O)NC(CCCCN)C(=O)O. The molecule has 0 aromatic heterocycles. The lowest BCUT2D eigenvalue weighted by molar-refractivity contribution is -0.142. The third kappa shape index (κ3) is 12.8. The van der Waals surface area contributed by atoms with Gasteiger partial charge in [0.2, 0.25) is 17.7 Å². The van der Waals surface area contributed by atoms with E-state index in [2.05, 4.69) is 16.0 Å². The average Bonchev–Trinajstić information content (AvgIpc) is 2.73. The Balaban J connectivity index is 4.91. The lowest BCUT2D eigenvalue weighted by atomic mass is 10.1. The molecule has 10 nitrogen and oxygen atoms in total. The quantitative estimate of drug-likeness (QED) is 0.150. The van der Waals surface area contributed by atoms with Gasteiger partial charge >= 0.3 is 5.97 Å². The van der Waals surface area contributed by atoms with E-state index in [1.54, 1.807) is 11.8 Å². The number of thioether (sulfide) groups is 2. The Labute approximate surface area is 192 Å². The molecular formula is C19H37N5O5S2. The van der Waals surface area contributed by atoms with Crippen LogP contribution in [0.1, 0.15) is 39.0 Å². The maximum absolute atomic E-state index is 12.7. The minimum absolute atomic E-state index is 0.249. The summed E-state index contributed by atoms with van der Waals surface area (Å²) in [5, 5.41) is 16.9. The Morgan fingerprint density at radius 2 is 1.42 bits per heavy atom. The van der Waals surface area contributed by atoms with Crippen LogP contribution in [0.25, 0.3) is 0 Å². The number of carbonyl (C=O) groups is 4. The van der Waals surface area contributed by atoms with Crippen molar-refractivity contribution in [1.82, 2.24) is 16.0 Å². The summed E-state index contributed by atoms with van der Waals surface area (Å²) in [4.78, 5) is 48.7. The van der Waals surface area contributed by atoms with E-state index in [9.17, 15) is 24.3 Å². The molecule has 8 N–H and O–H groups in total. The molecule has 0 fully saturated rings. The van der Waals surface area contributed by atoms with Gasteiger partial charge in [-0.15, -0.1) is 0 Å². The van der Waals surface area contributed by atoms with Gasteiger partial charge in [0.25, 0.3) is 0 Å². The average molecular weight is 480 g/mol. The lowest BCUT2D eigenvalue weighted by Crippen LogP contribution is -2.56. The van der Waals surface area contributed by atoms with Gasteiger partial charge in [-0.2, -0.15) is 23.5 Å². The Morgan fingerprint density at radius 1 is 0.839 bits per heavy atom. The number of carbonyl (C=O) groups excluding carboxylic acids is 3. The normalized spacial score (nSPS) is 14.7. The molecule has 0 saturated carbocycles. The number of carboxylic acid groups (broad SMARTS) is 1. The van der Waals surface area contributed by atoms with Gasteiger partial charge in [-0.25, -0.2) is 4.79 Å². The number of nitrogens with one attached hydrogen (secondary N) is 3. The first-order chi connectivity index (χ1) is 14.7. The van der Waals surface area contributed by atoms with Gasteiger partial charge in [-0.1, -0.05) is 0 Å². The number of unbranched alkanes of at least 4 members (excludes halogenated alkanes) is 1. The zero-order valence-electron chi connectivity index (χ0n) is 18.5. The van der Waals surface area contributed by atoms with Crippen molar-refractivity contribution in [3.63, 3.8) is 0 Å². The summed E-state index contributed by atoms with van der Waals surface area (Å²) in [6.45, 7) is 1.90. The molecule has 0 aliphatic rings. The van der Waals surface area contributed by atoms with E-state index < -0.39 is 47.9 Å². The molecule has 180 valence electrons. The van der Waals surface area contributed by atoms with E-state index in [1.165, 1.54) is 18.7 Å². The molecule has 0 aliphatic heterocycles. The molecule has 31 heavy (non-hydrogen) atoms. The number of nitrogens with two attached hydrogens (primary N) is 2. The summed E-state index contributed by atoms with van der Waals surface area (Å²) in [6, 6.07) is -3.58. The molecule has 0 spiro atoms. The van der Waals surface area contributed by atoms with Crippen LogP contribution in [0.2, 0.25) is 0 Å². The van der Waals surface area contributed by atoms with Crippen LogP contribution in [0.5, 0.6) is 0 Å². The van der Waals surface area contributed by atoms with Crippen molar-refractivity contribution < 1.29 is 24.3 Å². The molecule has 0 aromatic carbocycles. The molecule has 0 saturated heterocycles. The molecule has 0 rings (SSSR count). The van der Waals surface area contributed by atoms with E-state index in [0.29, 0.717) is 38.0 Å². The second kappa shape index (κ2) is 17.1. The fourth-order valence-corrected chi connectivity index (χ4v) is 3.55. The van der Waals surface area contributed by atoms with E-state index in [-0.39, 0.29) is 6.42 Å². The Kier molecular flexibility index (Phi) is 16.3. The van der Waals surface area contributed by atoms with Crippen LogP contribution in [0.4, 0.5) is 0 Å². The highest BCUT2D eigenvalue weighted by atomic mass is 32.2. The van der Waals surface area contributed by atoms with E-state index >= 15 is 0 Å². The number of aliphatic carboxylic acids is 1. The molecule has 0 aromatic rings.